The van der Waals surface area contributed by atoms with E-state index in [-0.39, 0.29) is 10.8 Å². The SMILES string of the molecule is Cc1ocnc1C(=O)N1CC2=C(C1)CN(S(=O)(=O)c1ccc3occc3c1)C2. The highest BCUT2D eigenvalue weighted by Crippen LogP contribution is 2.31. The minimum absolute atomic E-state index is 0.194. The first kappa shape index (κ1) is 17.2. The number of benzene rings is 1. The van der Waals surface area contributed by atoms with E-state index in [1.807, 2.05) is 0 Å². The van der Waals surface area contributed by atoms with Crippen molar-refractivity contribution in [1.29, 1.82) is 0 Å². The van der Waals surface area contributed by atoms with E-state index < -0.39 is 10.0 Å². The second kappa shape index (κ2) is 6.05. The molecule has 0 atom stereocenters. The summed E-state index contributed by atoms with van der Waals surface area (Å²) in [5.74, 6) is 0.288. The van der Waals surface area contributed by atoms with Gasteiger partial charge < -0.3 is 13.7 Å². The maximum Gasteiger partial charge on any atom is 0.276 e. The largest absolute Gasteiger partial charge is 0.464 e. The minimum atomic E-state index is -3.62. The Bertz CT molecular complexity index is 1220. The van der Waals surface area contributed by atoms with Crippen LogP contribution in [0.1, 0.15) is 16.2 Å². The number of aromatic nitrogens is 1. The van der Waals surface area contributed by atoms with Crippen LogP contribution < -0.4 is 0 Å². The number of aryl methyl sites for hydroxylation is 1. The molecule has 0 fully saturated rings. The third kappa shape index (κ3) is 2.58. The molecule has 2 aliphatic rings. The van der Waals surface area contributed by atoms with Crippen LogP contribution >= 0.6 is 0 Å². The summed E-state index contributed by atoms with van der Waals surface area (Å²) in [5.41, 5.74) is 2.90. The van der Waals surface area contributed by atoms with Crippen molar-refractivity contribution in [3.8, 4) is 0 Å². The quantitative estimate of drug-likeness (QED) is 0.627. The summed E-state index contributed by atoms with van der Waals surface area (Å²) in [4.78, 5) is 18.5. The molecule has 1 aromatic carbocycles. The molecule has 0 saturated carbocycles. The van der Waals surface area contributed by atoms with E-state index in [2.05, 4.69) is 4.98 Å². The molecule has 0 unspecified atom stereocenters. The first-order chi connectivity index (χ1) is 13.4. The standard InChI is InChI=1S/C19H17N3O5S/c1-12-18(20-11-27-12)19(23)21-7-14-9-22(10-15(14)8-21)28(24,25)16-2-3-17-13(6-16)4-5-26-17/h2-6,11H,7-10H2,1H3. The lowest BCUT2D eigenvalue weighted by atomic mass is 10.2. The number of hydrogen-bond acceptors (Lipinski definition) is 6. The number of oxazole rings is 1. The Labute approximate surface area is 161 Å². The van der Waals surface area contributed by atoms with Crippen LogP contribution in [0, 0.1) is 6.92 Å². The second-order valence-electron chi connectivity index (χ2n) is 7.02. The molecule has 5 rings (SSSR count). The Morgan fingerprint density at radius 1 is 1.07 bits per heavy atom. The normalized spacial score (nSPS) is 17.7. The van der Waals surface area contributed by atoms with Gasteiger partial charge >= 0.3 is 0 Å². The predicted octanol–water partition coefficient (Wildman–Crippen LogP) is 2.19. The van der Waals surface area contributed by atoms with Crippen molar-refractivity contribution < 1.29 is 22.0 Å². The fraction of sp³-hybridized carbons (Fsp3) is 0.263. The van der Waals surface area contributed by atoms with Gasteiger partial charge in [0.2, 0.25) is 10.0 Å². The number of sulfonamides is 1. The van der Waals surface area contributed by atoms with E-state index in [0.29, 0.717) is 43.2 Å². The second-order valence-corrected chi connectivity index (χ2v) is 8.96. The van der Waals surface area contributed by atoms with E-state index in [1.54, 1.807) is 36.1 Å². The molecular weight excluding hydrogens is 382 g/mol. The van der Waals surface area contributed by atoms with E-state index in [9.17, 15) is 13.2 Å². The number of amides is 1. The van der Waals surface area contributed by atoms with Gasteiger partial charge in [-0.15, -0.1) is 0 Å². The van der Waals surface area contributed by atoms with E-state index >= 15 is 0 Å². The summed E-state index contributed by atoms with van der Waals surface area (Å²) >= 11 is 0. The molecule has 0 N–H and O–H groups in total. The number of fused-ring (bicyclic) bond motifs is 1. The molecule has 9 heteroatoms. The average Bonchev–Trinajstić information content (AvgIpc) is 3.43. The van der Waals surface area contributed by atoms with Crippen LogP contribution in [0.5, 0.6) is 0 Å². The molecule has 2 aliphatic heterocycles. The highest BCUT2D eigenvalue weighted by atomic mass is 32.2. The Morgan fingerprint density at radius 2 is 1.82 bits per heavy atom. The van der Waals surface area contributed by atoms with Crippen LogP contribution in [-0.4, -0.2) is 54.7 Å². The van der Waals surface area contributed by atoms with Gasteiger partial charge in [-0.3, -0.25) is 4.79 Å². The summed E-state index contributed by atoms with van der Waals surface area (Å²) < 4.78 is 37.9. The van der Waals surface area contributed by atoms with Crippen molar-refractivity contribution in [1.82, 2.24) is 14.2 Å². The van der Waals surface area contributed by atoms with Gasteiger partial charge in [0.25, 0.3) is 5.91 Å². The van der Waals surface area contributed by atoms with Gasteiger partial charge in [-0.1, -0.05) is 0 Å². The molecule has 0 radical (unpaired) electrons. The van der Waals surface area contributed by atoms with Crippen LogP contribution in [0.2, 0.25) is 0 Å². The Kier molecular flexibility index (Phi) is 3.72. The van der Waals surface area contributed by atoms with Gasteiger partial charge in [-0.2, -0.15) is 4.31 Å². The summed E-state index contributed by atoms with van der Waals surface area (Å²) in [6.07, 6.45) is 2.79. The van der Waals surface area contributed by atoms with Gasteiger partial charge in [0.05, 0.1) is 11.2 Å². The topological polar surface area (TPSA) is 96.9 Å². The Hall–Kier alpha value is -2.91. The van der Waals surface area contributed by atoms with Gasteiger partial charge in [-0.05, 0) is 42.3 Å². The minimum Gasteiger partial charge on any atom is -0.464 e. The van der Waals surface area contributed by atoms with E-state index in [1.165, 1.54) is 17.0 Å². The van der Waals surface area contributed by atoms with Crippen LogP contribution in [0.15, 0.2) is 61.8 Å². The fourth-order valence-electron chi connectivity index (χ4n) is 3.77. The number of carbonyl (C=O) groups excluding carboxylic acids is 1. The highest BCUT2D eigenvalue weighted by Gasteiger charge is 2.38. The van der Waals surface area contributed by atoms with Crippen molar-refractivity contribution in [3.63, 3.8) is 0 Å². The van der Waals surface area contributed by atoms with Gasteiger partial charge in [0.1, 0.15) is 11.3 Å². The molecule has 0 saturated heterocycles. The van der Waals surface area contributed by atoms with Gasteiger partial charge in [0.15, 0.2) is 12.1 Å². The number of nitrogens with zero attached hydrogens (tertiary/aromatic N) is 3. The van der Waals surface area contributed by atoms with Crippen LogP contribution in [0.4, 0.5) is 0 Å². The molecule has 2 aromatic heterocycles. The number of hydrogen-bond donors (Lipinski definition) is 0. The van der Waals surface area contributed by atoms with E-state index in [4.69, 9.17) is 8.83 Å². The molecule has 0 aliphatic carbocycles. The van der Waals surface area contributed by atoms with Crippen LogP contribution in [-0.2, 0) is 10.0 Å². The highest BCUT2D eigenvalue weighted by molar-refractivity contribution is 7.89. The maximum absolute atomic E-state index is 13.0. The van der Waals surface area contributed by atoms with Crippen molar-refractivity contribution in [2.45, 2.75) is 11.8 Å². The predicted molar refractivity (Wildman–Crippen MR) is 99.1 cm³/mol. The lowest BCUT2D eigenvalue weighted by Gasteiger charge is -2.22. The zero-order chi connectivity index (χ0) is 19.5. The van der Waals surface area contributed by atoms with Gasteiger partial charge in [-0.25, -0.2) is 13.4 Å². The van der Waals surface area contributed by atoms with E-state index in [0.717, 1.165) is 16.5 Å². The zero-order valence-corrected chi connectivity index (χ0v) is 15.9. The molecule has 1 amide bonds. The summed E-state index contributed by atoms with van der Waals surface area (Å²) in [6, 6.07) is 6.60. The maximum atomic E-state index is 13.0. The zero-order valence-electron chi connectivity index (χ0n) is 15.1. The average molecular weight is 399 g/mol. The van der Waals surface area contributed by atoms with Crippen LogP contribution in [0.25, 0.3) is 11.0 Å². The number of furan rings is 1. The molecule has 8 nitrogen and oxygen atoms in total. The van der Waals surface area contributed by atoms with Crippen molar-refractivity contribution >= 4 is 26.9 Å². The molecule has 0 bridgehead atoms. The van der Waals surface area contributed by atoms with Crippen molar-refractivity contribution in [2.24, 2.45) is 0 Å². The lowest BCUT2D eigenvalue weighted by Crippen LogP contribution is -2.36. The fourth-order valence-corrected chi connectivity index (χ4v) is 5.24. The van der Waals surface area contributed by atoms with Gasteiger partial charge in [0, 0.05) is 31.6 Å². The molecule has 144 valence electrons. The number of rotatable bonds is 3. The molecule has 3 aromatic rings. The Balaban J connectivity index is 1.32. The summed E-state index contributed by atoms with van der Waals surface area (Å²) in [5, 5.41) is 0.750. The van der Waals surface area contributed by atoms with Crippen molar-refractivity contribution in [2.75, 3.05) is 26.2 Å². The first-order valence-electron chi connectivity index (χ1n) is 8.80. The lowest BCUT2D eigenvalue weighted by molar-refractivity contribution is 0.0786. The summed E-state index contributed by atoms with van der Waals surface area (Å²) in [7, 11) is -3.62. The third-order valence-corrected chi connectivity index (χ3v) is 7.08. The molecule has 28 heavy (non-hydrogen) atoms. The summed E-state index contributed by atoms with van der Waals surface area (Å²) in [6.45, 7) is 3.11. The van der Waals surface area contributed by atoms with Crippen LogP contribution in [0.3, 0.4) is 0 Å². The molecular formula is C19H17N3O5S. The molecule has 4 heterocycles. The van der Waals surface area contributed by atoms with Crippen molar-refractivity contribution in [3.05, 3.63) is 59.5 Å². The monoisotopic (exact) mass is 399 g/mol. The molecule has 0 spiro atoms. The smallest absolute Gasteiger partial charge is 0.276 e. The third-order valence-electron chi connectivity index (χ3n) is 5.29. The Morgan fingerprint density at radius 3 is 2.50 bits per heavy atom. The first-order valence-corrected chi connectivity index (χ1v) is 10.2. The number of carbonyl (C=O) groups is 1.